The summed E-state index contributed by atoms with van der Waals surface area (Å²) in [6.07, 6.45) is 14.0. The first-order chi connectivity index (χ1) is 18.1. The van der Waals surface area contributed by atoms with Crippen molar-refractivity contribution < 1.29 is 25.2 Å². The van der Waals surface area contributed by atoms with Crippen LogP contribution < -0.4 is 0 Å². The van der Waals surface area contributed by atoms with Gasteiger partial charge in [-0.15, -0.1) is 0 Å². The van der Waals surface area contributed by atoms with E-state index in [2.05, 4.69) is 6.92 Å². The van der Waals surface area contributed by atoms with Gasteiger partial charge in [0, 0.05) is 6.42 Å². The Bertz CT molecular complexity index is 1050. The third kappa shape index (κ3) is 12.4. The minimum absolute atomic E-state index is 0.0326. The van der Waals surface area contributed by atoms with Crippen molar-refractivity contribution in [2.75, 3.05) is 0 Å². The van der Waals surface area contributed by atoms with E-state index in [-0.39, 0.29) is 16.2 Å². The Hall–Kier alpha value is -1.74. The average molecular weight is 567 g/mol. The van der Waals surface area contributed by atoms with Gasteiger partial charge in [-0.3, -0.25) is 0 Å². The minimum Gasteiger partial charge on any atom is -0.233 e. The second kappa shape index (κ2) is 17.1. The van der Waals surface area contributed by atoms with E-state index in [1.165, 1.54) is 82.1 Å². The molecule has 0 N–H and O–H groups in total. The molecule has 8 heteroatoms. The molecule has 2 rings (SSSR count). The zero-order chi connectivity index (χ0) is 27.9. The minimum atomic E-state index is -4.19. The lowest BCUT2D eigenvalue weighted by atomic mass is 10.0. The molecular weight excluding hydrogens is 520 g/mol. The SMILES string of the molecule is CCCCCCCCCCCCCCCC(OS(=O)(=O)c1ccc(C)cc1)OS(=O)(=O)c1ccc(C)cc1. The van der Waals surface area contributed by atoms with Gasteiger partial charge < -0.3 is 0 Å². The number of benzene rings is 2. The second-order valence-electron chi connectivity index (χ2n) is 10.2. The molecule has 0 bridgehead atoms. The highest BCUT2D eigenvalue weighted by Crippen LogP contribution is 2.23. The Morgan fingerprint density at radius 3 is 1.18 bits per heavy atom. The summed E-state index contributed by atoms with van der Waals surface area (Å²) in [6, 6.07) is 12.5. The second-order valence-corrected chi connectivity index (χ2v) is 13.3. The molecule has 0 aliphatic rings. The van der Waals surface area contributed by atoms with Crippen molar-refractivity contribution in [2.45, 2.75) is 127 Å². The summed E-state index contributed by atoms with van der Waals surface area (Å²) in [5, 5.41) is 0. The monoisotopic (exact) mass is 566 g/mol. The largest absolute Gasteiger partial charge is 0.299 e. The number of aryl methyl sites for hydroxylation is 2. The molecule has 0 heterocycles. The van der Waals surface area contributed by atoms with Crippen LogP contribution in [0, 0.1) is 13.8 Å². The van der Waals surface area contributed by atoms with Gasteiger partial charge in [-0.25, -0.2) is 8.37 Å². The van der Waals surface area contributed by atoms with Crippen LogP contribution in [0.5, 0.6) is 0 Å². The van der Waals surface area contributed by atoms with Gasteiger partial charge in [0.05, 0.1) is 9.79 Å². The van der Waals surface area contributed by atoms with E-state index in [1.807, 2.05) is 13.8 Å². The van der Waals surface area contributed by atoms with Crippen molar-refractivity contribution in [1.29, 1.82) is 0 Å². The predicted octanol–water partition coefficient (Wildman–Crippen LogP) is 8.22. The van der Waals surface area contributed by atoms with E-state index in [9.17, 15) is 16.8 Å². The molecule has 6 nitrogen and oxygen atoms in total. The van der Waals surface area contributed by atoms with Crippen LogP contribution in [-0.2, 0) is 28.6 Å². The lowest BCUT2D eigenvalue weighted by Gasteiger charge is -2.18. The highest BCUT2D eigenvalue weighted by molar-refractivity contribution is 7.87. The molecule has 0 atom stereocenters. The van der Waals surface area contributed by atoms with E-state index in [0.717, 1.165) is 30.4 Å². The number of rotatable bonds is 20. The fraction of sp³-hybridized carbons (Fsp3) is 0.600. The Balaban J connectivity index is 1.86. The molecule has 0 unspecified atom stereocenters. The predicted molar refractivity (Wildman–Crippen MR) is 153 cm³/mol. The van der Waals surface area contributed by atoms with Gasteiger partial charge in [0.1, 0.15) is 0 Å². The van der Waals surface area contributed by atoms with Gasteiger partial charge in [-0.05, 0) is 44.5 Å². The average Bonchev–Trinajstić information content (AvgIpc) is 2.87. The zero-order valence-electron chi connectivity index (χ0n) is 23.4. The van der Waals surface area contributed by atoms with Crippen molar-refractivity contribution in [1.82, 2.24) is 0 Å². The molecule has 0 aliphatic carbocycles. The smallest absolute Gasteiger partial charge is 0.233 e. The maximum atomic E-state index is 12.9. The van der Waals surface area contributed by atoms with Crippen LogP contribution in [0.25, 0.3) is 0 Å². The third-order valence-corrected chi connectivity index (χ3v) is 9.27. The van der Waals surface area contributed by atoms with Crippen LogP contribution in [0.4, 0.5) is 0 Å². The summed E-state index contributed by atoms with van der Waals surface area (Å²) < 4.78 is 62.1. The third-order valence-electron chi connectivity index (χ3n) is 6.63. The first-order valence-corrected chi connectivity index (χ1v) is 17.0. The van der Waals surface area contributed by atoms with Gasteiger partial charge in [0.2, 0.25) is 0 Å². The van der Waals surface area contributed by atoms with E-state index in [4.69, 9.17) is 8.37 Å². The molecule has 0 saturated carbocycles. The van der Waals surface area contributed by atoms with Crippen molar-refractivity contribution in [3.8, 4) is 0 Å². The fourth-order valence-corrected chi connectivity index (χ4v) is 6.29. The normalized spacial score (nSPS) is 12.3. The molecule has 0 saturated heterocycles. The van der Waals surface area contributed by atoms with Crippen molar-refractivity contribution in [3.05, 3.63) is 59.7 Å². The summed E-state index contributed by atoms with van der Waals surface area (Å²) in [7, 11) is -8.39. The van der Waals surface area contributed by atoms with Crippen molar-refractivity contribution in [3.63, 3.8) is 0 Å². The maximum Gasteiger partial charge on any atom is 0.299 e. The number of hydrogen-bond acceptors (Lipinski definition) is 6. The quantitative estimate of drug-likeness (QED) is 0.0911. The topological polar surface area (TPSA) is 86.7 Å². The number of unbranched alkanes of at least 4 members (excludes halogenated alkanes) is 12. The van der Waals surface area contributed by atoms with E-state index in [0.29, 0.717) is 6.42 Å². The summed E-state index contributed by atoms with van der Waals surface area (Å²) in [6.45, 7) is 5.94. The molecule has 0 radical (unpaired) electrons. The first kappa shape index (κ1) is 32.5. The summed E-state index contributed by atoms with van der Waals surface area (Å²) in [4.78, 5) is -0.0652. The standard InChI is InChI=1S/C30H46O6S2/c1-4-5-6-7-8-9-10-11-12-13-14-15-16-17-30(35-37(31,32)28-22-18-26(2)19-23-28)36-38(33,34)29-24-20-27(3)21-25-29/h18-25,30H,4-17H2,1-3H3. The number of hydrogen-bond donors (Lipinski definition) is 0. The van der Waals surface area contributed by atoms with Crippen LogP contribution in [0.2, 0.25) is 0 Å². The van der Waals surface area contributed by atoms with Crippen LogP contribution in [-0.4, -0.2) is 23.1 Å². The molecule has 214 valence electrons. The summed E-state index contributed by atoms with van der Waals surface area (Å²) in [5.74, 6) is 0. The molecule has 2 aromatic carbocycles. The van der Waals surface area contributed by atoms with Gasteiger partial charge in [-0.2, -0.15) is 16.8 Å². The molecule has 2 aromatic rings. The summed E-state index contributed by atoms with van der Waals surface area (Å²) >= 11 is 0. The molecule has 0 aliphatic heterocycles. The Morgan fingerprint density at radius 1 is 0.526 bits per heavy atom. The highest BCUT2D eigenvalue weighted by Gasteiger charge is 2.28. The van der Waals surface area contributed by atoms with E-state index in [1.54, 1.807) is 24.3 Å². The fourth-order valence-electron chi connectivity index (χ4n) is 4.24. The molecular formula is C30H46O6S2. The van der Waals surface area contributed by atoms with Crippen molar-refractivity contribution >= 4 is 20.2 Å². The molecule has 0 fully saturated rings. The van der Waals surface area contributed by atoms with Gasteiger partial charge in [0.25, 0.3) is 20.2 Å². The molecule has 0 spiro atoms. The van der Waals surface area contributed by atoms with E-state index < -0.39 is 26.5 Å². The lowest BCUT2D eigenvalue weighted by Crippen LogP contribution is -2.25. The Kier molecular flexibility index (Phi) is 14.6. The lowest BCUT2D eigenvalue weighted by molar-refractivity contribution is 0.00873. The van der Waals surface area contributed by atoms with Crippen LogP contribution in [0.1, 0.15) is 108 Å². The molecule has 38 heavy (non-hydrogen) atoms. The van der Waals surface area contributed by atoms with Crippen molar-refractivity contribution in [2.24, 2.45) is 0 Å². The Morgan fingerprint density at radius 2 is 0.842 bits per heavy atom. The van der Waals surface area contributed by atoms with Gasteiger partial charge >= 0.3 is 0 Å². The zero-order valence-corrected chi connectivity index (χ0v) is 25.0. The Labute approximate surface area is 231 Å². The van der Waals surface area contributed by atoms with Crippen LogP contribution >= 0.6 is 0 Å². The first-order valence-electron chi connectivity index (χ1n) is 14.1. The molecule has 0 aromatic heterocycles. The summed E-state index contributed by atoms with van der Waals surface area (Å²) in [5.41, 5.74) is 1.82. The highest BCUT2D eigenvalue weighted by atomic mass is 32.2. The van der Waals surface area contributed by atoms with Crippen LogP contribution in [0.15, 0.2) is 58.3 Å². The van der Waals surface area contributed by atoms with Gasteiger partial charge in [-0.1, -0.05) is 119 Å². The van der Waals surface area contributed by atoms with Gasteiger partial charge in [0.15, 0.2) is 6.29 Å². The van der Waals surface area contributed by atoms with E-state index >= 15 is 0 Å². The molecule has 0 amide bonds. The maximum absolute atomic E-state index is 12.9. The van der Waals surface area contributed by atoms with Crippen LogP contribution in [0.3, 0.4) is 0 Å².